The second kappa shape index (κ2) is 12.8. The molecular formula is C28H31ClN2O3. The number of aryl methyl sites for hydroxylation is 1. The fourth-order valence-corrected chi connectivity index (χ4v) is 3.78. The normalized spacial score (nSPS) is 11.5. The highest BCUT2D eigenvalue weighted by Crippen LogP contribution is 2.19. The van der Waals surface area contributed by atoms with Crippen LogP contribution in [0.4, 0.5) is 0 Å². The largest absolute Gasteiger partial charge is 0.484 e. The van der Waals surface area contributed by atoms with Gasteiger partial charge in [-0.05, 0) is 42.7 Å². The van der Waals surface area contributed by atoms with Gasteiger partial charge in [0.25, 0.3) is 5.91 Å². The van der Waals surface area contributed by atoms with E-state index in [2.05, 4.69) is 5.32 Å². The minimum atomic E-state index is -0.675. The molecule has 0 saturated heterocycles. The van der Waals surface area contributed by atoms with Gasteiger partial charge in [-0.2, -0.15) is 0 Å². The van der Waals surface area contributed by atoms with E-state index in [-0.39, 0.29) is 18.4 Å². The fraction of sp³-hybridized carbons (Fsp3) is 0.286. The van der Waals surface area contributed by atoms with E-state index in [0.29, 0.717) is 30.3 Å². The molecule has 1 atom stereocenters. The van der Waals surface area contributed by atoms with Crippen LogP contribution in [0.25, 0.3) is 0 Å². The number of nitrogens with zero attached hydrogens (tertiary/aromatic N) is 1. The Hall–Kier alpha value is -3.31. The summed E-state index contributed by atoms with van der Waals surface area (Å²) in [4.78, 5) is 28.3. The average Bonchev–Trinajstić information content (AvgIpc) is 2.85. The molecule has 2 amide bonds. The molecular weight excluding hydrogens is 448 g/mol. The molecule has 0 unspecified atom stereocenters. The van der Waals surface area contributed by atoms with Gasteiger partial charge in [0.1, 0.15) is 11.8 Å². The van der Waals surface area contributed by atoms with E-state index in [9.17, 15) is 9.59 Å². The first-order chi connectivity index (χ1) is 16.5. The zero-order valence-corrected chi connectivity index (χ0v) is 20.4. The molecule has 0 saturated carbocycles. The van der Waals surface area contributed by atoms with Crippen LogP contribution in [0.2, 0.25) is 5.02 Å². The van der Waals surface area contributed by atoms with E-state index in [0.717, 1.165) is 23.1 Å². The smallest absolute Gasteiger partial charge is 0.261 e. The lowest BCUT2D eigenvalue weighted by atomic mass is 10.0. The summed E-state index contributed by atoms with van der Waals surface area (Å²) in [5, 5.41) is 3.50. The lowest BCUT2D eigenvalue weighted by Gasteiger charge is -2.31. The minimum Gasteiger partial charge on any atom is -0.484 e. The summed E-state index contributed by atoms with van der Waals surface area (Å²) in [5.74, 6) is 0.0632. The van der Waals surface area contributed by atoms with Crippen molar-refractivity contribution in [1.82, 2.24) is 10.2 Å². The number of carbonyl (C=O) groups is 2. The average molecular weight is 479 g/mol. The van der Waals surface area contributed by atoms with E-state index in [1.54, 1.807) is 29.2 Å². The number of hydrogen-bond acceptors (Lipinski definition) is 3. The number of ether oxygens (including phenoxy) is 1. The van der Waals surface area contributed by atoms with Gasteiger partial charge >= 0.3 is 0 Å². The molecule has 0 aliphatic carbocycles. The molecule has 0 radical (unpaired) electrons. The molecule has 0 aromatic heterocycles. The van der Waals surface area contributed by atoms with Crippen LogP contribution in [0.15, 0.2) is 78.9 Å². The van der Waals surface area contributed by atoms with Gasteiger partial charge in [-0.25, -0.2) is 0 Å². The first kappa shape index (κ1) is 25.3. The summed E-state index contributed by atoms with van der Waals surface area (Å²) in [6.07, 6.45) is 1.22. The zero-order valence-electron chi connectivity index (χ0n) is 19.7. The summed E-state index contributed by atoms with van der Waals surface area (Å²) in [6, 6.07) is 24.0. The molecule has 0 aliphatic rings. The first-order valence-corrected chi connectivity index (χ1v) is 11.9. The van der Waals surface area contributed by atoms with Crippen LogP contribution >= 0.6 is 11.6 Å². The lowest BCUT2D eigenvalue weighted by molar-refractivity contribution is -0.142. The quantitative estimate of drug-likeness (QED) is 0.412. The topological polar surface area (TPSA) is 58.6 Å². The summed E-state index contributed by atoms with van der Waals surface area (Å²) >= 11 is 6.05. The van der Waals surface area contributed by atoms with Crippen molar-refractivity contribution >= 4 is 23.4 Å². The van der Waals surface area contributed by atoms with Crippen LogP contribution in [-0.2, 0) is 22.6 Å². The molecule has 178 valence electrons. The maximum Gasteiger partial charge on any atom is 0.261 e. The van der Waals surface area contributed by atoms with Gasteiger partial charge < -0.3 is 15.0 Å². The molecule has 3 aromatic rings. The standard InChI is InChI=1S/C28H31ClN2O3/c1-3-16-30-28(33)26(17-22-8-5-4-6-9-22)31(19-23-14-12-21(2)13-15-23)27(32)20-34-25-11-7-10-24(29)18-25/h4-15,18,26H,3,16-17,19-20H2,1-2H3,(H,30,33)/t26-/m0/s1. The van der Waals surface area contributed by atoms with Crippen LogP contribution in [0.5, 0.6) is 5.75 Å². The van der Waals surface area contributed by atoms with Crippen LogP contribution in [0.3, 0.4) is 0 Å². The van der Waals surface area contributed by atoms with Crippen molar-refractivity contribution < 1.29 is 14.3 Å². The molecule has 3 rings (SSSR count). The monoisotopic (exact) mass is 478 g/mol. The van der Waals surface area contributed by atoms with Crippen molar-refractivity contribution in [2.45, 2.75) is 39.3 Å². The Balaban J connectivity index is 1.88. The maximum absolute atomic E-state index is 13.5. The Kier molecular flexibility index (Phi) is 9.53. The summed E-state index contributed by atoms with van der Waals surface area (Å²) < 4.78 is 5.74. The third-order valence-electron chi connectivity index (χ3n) is 5.45. The predicted octanol–water partition coefficient (Wildman–Crippen LogP) is 5.19. The summed E-state index contributed by atoms with van der Waals surface area (Å²) in [5.41, 5.74) is 3.06. The van der Waals surface area contributed by atoms with E-state index >= 15 is 0 Å². The van der Waals surface area contributed by atoms with Crippen LogP contribution in [0.1, 0.15) is 30.0 Å². The van der Waals surface area contributed by atoms with Crippen molar-refractivity contribution in [1.29, 1.82) is 0 Å². The molecule has 0 aliphatic heterocycles. The van der Waals surface area contributed by atoms with E-state index < -0.39 is 6.04 Å². The highest BCUT2D eigenvalue weighted by atomic mass is 35.5. The van der Waals surface area contributed by atoms with E-state index in [1.165, 1.54) is 0 Å². The molecule has 0 spiro atoms. The van der Waals surface area contributed by atoms with Crippen LogP contribution in [0, 0.1) is 6.92 Å². The molecule has 3 aromatic carbocycles. The Labute approximate surface area is 206 Å². The van der Waals surface area contributed by atoms with Gasteiger partial charge in [-0.1, -0.05) is 84.8 Å². The fourth-order valence-electron chi connectivity index (χ4n) is 3.59. The number of rotatable bonds is 11. The SMILES string of the molecule is CCCNC(=O)[C@H](Cc1ccccc1)N(Cc1ccc(C)cc1)C(=O)COc1cccc(Cl)c1. The van der Waals surface area contributed by atoms with Gasteiger partial charge in [0, 0.05) is 24.5 Å². The molecule has 1 N–H and O–H groups in total. The predicted molar refractivity (Wildman–Crippen MR) is 136 cm³/mol. The molecule has 0 heterocycles. The number of halogens is 1. The molecule has 0 fully saturated rings. The van der Waals surface area contributed by atoms with E-state index in [4.69, 9.17) is 16.3 Å². The first-order valence-electron chi connectivity index (χ1n) is 11.5. The molecule has 6 heteroatoms. The summed E-state index contributed by atoms with van der Waals surface area (Å²) in [6.45, 7) is 4.67. The van der Waals surface area contributed by atoms with Gasteiger partial charge in [0.2, 0.25) is 5.91 Å². The number of carbonyl (C=O) groups excluding carboxylic acids is 2. The van der Waals surface area contributed by atoms with Gasteiger partial charge in [0.15, 0.2) is 6.61 Å². The van der Waals surface area contributed by atoms with Crippen molar-refractivity contribution in [2.24, 2.45) is 0 Å². The third kappa shape index (κ3) is 7.63. The Bertz CT molecular complexity index is 1070. The van der Waals surface area contributed by atoms with Crippen LogP contribution in [-0.4, -0.2) is 35.9 Å². The van der Waals surface area contributed by atoms with Gasteiger partial charge in [0.05, 0.1) is 0 Å². The third-order valence-corrected chi connectivity index (χ3v) is 5.69. The Morgan fingerprint density at radius 2 is 1.71 bits per heavy atom. The maximum atomic E-state index is 13.5. The zero-order chi connectivity index (χ0) is 24.3. The van der Waals surface area contributed by atoms with Crippen molar-refractivity contribution in [3.63, 3.8) is 0 Å². The Morgan fingerprint density at radius 1 is 0.971 bits per heavy atom. The van der Waals surface area contributed by atoms with Crippen molar-refractivity contribution in [3.8, 4) is 5.75 Å². The lowest BCUT2D eigenvalue weighted by Crippen LogP contribution is -2.51. The molecule has 0 bridgehead atoms. The van der Waals surface area contributed by atoms with Gasteiger partial charge in [-0.15, -0.1) is 0 Å². The van der Waals surface area contributed by atoms with Crippen molar-refractivity contribution in [3.05, 3.63) is 101 Å². The number of amides is 2. The van der Waals surface area contributed by atoms with Crippen molar-refractivity contribution in [2.75, 3.05) is 13.2 Å². The summed E-state index contributed by atoms with van der Waals surface area (Å²) in [7, 11) is 0. The number of benzene rings is 3. The van der Waals surface area contributed by atoms with Crippen LogP contribution < -0.4 is 10.1 Å². The Morgan fingerprint density at radius 3 is 2.38 bits per heavy atom. The minimum absolute atomic E-state index is 0.172. The molecule has 34 heavy (non-hydrogen) atoms. The molecule has 5 nitrogen and oxygen atoms in total. The second-order valence-corrected chi connectivity index (χ2v) is 8.69. The van der Waals surface area contributed by atoms with Gasteiger partial charge in [-0.3, -0.25) is 9.59 Å². The van der Waals surface area contributed by atoms with E-state index in [1.807, 2.05) is 68.4 Å². The number of hydrogen-bond donors (Lipinski definition) is 1. The highest BCUT2D eigenvalue weighted by molar-refractivity contribution is 6.30. The highest BCUT2D eigenvalue weighted by Gasteiger charge is 2.30. The second-order valence-electron chi connectivity index (χ2n) is 8.25. The number of nitrogens with one attached hydrogen (secondary N) is 1.